The van der Waals surface area contributed by atoms with Crippen LogP contribution in [-0.2, 0) is 14.4 Å². The summed E-state index contributed by atoms with van der Waals surface area (Å²) >= 11 is 0. The van der Waals surface area contributed by atoms with Crippen LogP contribution in [0.5, 0.6) is 0 Å². The molecule has 0 aliphatic heterocycles. The van der Waals surface area contributed by atoms with E-state index >= 15 is 0 Å². The number of carbonyl (C=O) groups excluding carboxylic acids is 2. The SMILES string of the molecule is Cc1ccc(F)c(NC(=O)CCC(=O)NC(C)CC(=O)O)c1. The number of carboxylic acids is 1. The van der Waals surface area contributed by atoms with Gasteiger partial charge >= 0.3 is 5.97 Å². The topological polar surface area (TPSA) is 95.5 Å². The Bertz CT molecular complexity index is 575. The third-order valence-corrected chi connectivity index (χ3v) is 2.86. The molecule has 0 saturated heterocycles. The van der Waals surface area contributed by atoms with Gasteiger partial charge in [0.2, 0.25) is 11.8 Å². The molecule has 0 heterocycles. The standard InChI is InChI=1S/C15H19FN2O4/c1-9-3-4-11(16)12(7-9)18-14(20)6-5-13(19)17-10(2)8-15(21)22/h3-4,7,10H,5-6,8H2,1-2H3,(H,17,19)(H,18,20)(H,21,22). The first kappa shape index (κ1) is 17.6. The molecule has 1 aromatic carbocycles. The van der Waals surface area contributed by atoms with Crippen LogP contribution in [0.1, 0.15) is 31.7 Å². The van der Waals surface area contributed by atoms with Crippen molar-refractivity contribution in [3.8, 4) is 0 Å². The minimum atomic E-state index is -1.01. The second kappa shape index (κ2) is 8.11. The molecule has 1 rings (SSSR count). The smallest absolute Gasteiger partial charge is 0.305 e. The number of amides is 2. The highest BCUT2D eigenvalue weighted by Gasteiger charge is 2.13. The number of anilines is 1. The number of nitrogens with one attached hydrogen (secondary N) is 2. The number of carbonyl (C=O) groups is 3. The van der Waals surface area contributed by atoms with E-state index in [1.807, 2.05) is 0 Å². The summed E-state index contributed by atoms with van der Waals surface area (Å²) in [5.74, 6) is -2.46. The van der Waals surface area contributed by atoms with Gasteiger partial charge in [-0.2, -0.15) is 0 Å². The normalized spacial score (nSPS) is 11.6. The van der Waals surface area contributed by atoms with Gasteiger partial charge in [-0.25, -0.2) is 4.39 Å². The van der Waals surface area contributed by atoms with Crippen LogP contribution in [0.25, 0.3) is 0 Å². The van der Waals surface area contributed by atoms with Gasteiger partial charge in [-0.15, -0.1) is 0 Å². The molecular weight excluding hydrogens is 291 g/mol. The van der Waals surface area contributed by atoms with Gasteiger partial charge in [0, 0.05) is 18.9 Å². The molecule has 120 valence electrons. The van der Waals surface area contributed by atoms with E-state index in [-0.39, 0.29) is 24.9 Å². The van der Waals surface area contributed by atoms with Gasteiger partial charge in [0.1, 0.15) is 5.82 Å². The van der Waals surface area contributed by atoms with E-state index < -0.39 is 29.6 Å². The van der Waals surface area contributed by atoms with E-state index in [1.54, 1.807) is 19.9 Å². The van der Waals surface area contributed by atoms with Crippen LogP contribution in [0.15, 0.2) is 18.2 Å². The number of halogens is 1. The molecule has 0 radical (unpaired) electrons. The van der Waals surface area contributed by atoms with Crippen LogP contribution in [0, 0.1) is 12.7 Å². The lowest BCUT2D eigenvalue weighted by Crippen LogP contribution is -2.34. The molecule has 0 saturated carbocycles. The Labute approximate surface area is 127 Å². The number of benzene rings is 1. The quantitative estimate of drug-likeness (QED) is 0.716. The number of hydrogen-bond acceptors (Lipinski definition) is 3. The van der Waals surface area contributed by atoms with Crippen LogP contribution in [0.2, 0.25) is 0 Å². The third kappa shape index (κ3) is 6.34. The summed E-state index contributed by atoms with van der Waals surface area (Å²) in [6.07, 6.45) is -0.394. The van der Waals surface area contributed by atoms with Crippen molar-refractivity contribution in [1.29, 1.82) is 0 Å². The van der Waals surface area contributed by atoms with Gasteiger partial charge in [0.15, 0.2) is 0 Å². The predicted molar refractivity (Wildman–Crippen MR) is 78.9 cm³/mol. The van der Waals surface area contributed by atoms with Crippen molar-refractivity contribution in [3.63, 3.8) is 0 Å². The number of hydrogen-bond donors (Lipinski definition) is 3. The van der Waals surface area contributed by atoms with Crippen LogP contribution >= 0.6 is 0 Å². The average Bonchev–Trinajstić information content (AvgIpc) is 2.39. The average molecular weight is 310 g/mol. The molecule has 22 heavy (non-hydrogen) atoms. The van der Waals surface area contributed by atoms with E-state index in [0.717, 1.165) is 5.56 Å². The maximum atomic E-state index is 13.5. The molecule has 0 aromatic heterocycles. The Morgan fingerprint density at radius 3 is 2.50 bits per heavy atom. The van der Waals surface area contributed by atoms with Gasteiger partial charge in [-0.3, -0.25) is 14.4 Å². The Morgan fingerprint density at radius 2 is 1.86 bits per heavy atom. The van der Waals surface area contributed by atoms with E-state index in [2.05, 4.69) is 10.6 Å². The highest BCUT2D eigenvalue weighted by atomic mass is 19.1. The molecular formula is C15H19FN2O4. The number of rotatable bonds is 7. The summed E-state index contributed by atoms with van der Waals surface area (Å²) in [6.45, 7) is 3.33. The summed E-state index contributed by atoms with van der Waals surface area (Å²) in [7, 11) is 0. The second-order valence-electron chi connectivity index (χ2n) is 5.10. The fourth-order valence-corrected chi connectivity index (χ4v) is 1.83. The first-order valence-electron chi connectivity index (χ1n) is 6.85. The molecule has 3 N–H and O–H groups in total. The van der Waals surface area contributed by atoms with Crippen LogP contribution in [-0.4, -0.2) is 28.9 Å². The highest BCUT2D eigenvalue weighted by molar-refractivity contribution is 5.93. The highest BCUT2D eigenvalue weighted by Crippen LogP contribution is 2.15. The van der Waals surface area contributed by atoms with Crippen molar-refractivity contribution in [1.82, 2.24) is 5.32 Å². The van der Waals surface area contributed by atoms with E-state index in [9.17, 15) is 18.8 Å². The summed E-state index contributed by atoms with van der Waals surface area (Å²) in [6, 6.07) is 3.83. The molecule has 0 fully saturated rings. The lowest BCUT2D eigenvalue weighted by Gasteiger charge is -2.11. The zero-order chi connectivity index (χ0) is 16.7. The summed E-state index contributed by atoms with van der Waals surface area (Å²) in [5, 5.41) is 13.5. The minimum absolute atomic E-state index is 0.0738. The van der Waals surface area contributed by atoms with E-state index in [1.165, 1.54) is 12.1 Å². The van der Waals surface area contributed by atoms with Crippen molar-refractivity contribution in [2.45, 2.75) is 39.2 Å². The molecule has 2 amide bonds. The molecule has 7 heteroatoms. The zero-order valence-corrected chi connectivity index (χ0v) is 12.5. The van der Waals surface area contributed by atoms with Gasteiger partial charge in [0.25, 0.3) is 0 Å². The summed E-state index contributed by atoms with van der Waals surface area (Å²) in [4.78, 5) is 33.7. The molecule has 1 unspecified atom stereocenters. The first-order valence-corrected chi connectivity index (χ1v) is 6.85. The van der Waals surface area contributed by atoms with Crippen molar-refractivity contribution >= 4 is 23.5 Å². The maximum absolute atomic E-state index is 13.5. The third-order valence-electron chi connectivity index (χ3n) is 2.86. The molecule has 0 bridgehead atoms. The van der Waals surface area contributed by atoms with Gasteiger partial charge < -0.3 is 15.7 Å². The number of carboxylic acid groups (broad SMARTS) is 1. The summed E-state index contributed by atoms with van der Waals surface area (Å²) in [5.41, 5.74) is 0.876. The fraction of sp³-hybridized carbons (Fsp3) is 0.400. The van der Waals surface area contributed by atoms with Crippen LogP contribution in [0.4, 0.5) is 10.1 Å². The van der Waals surface area contributed by atoms with Crippen LogP contribution in [0.3, 0.4) is 0 Å². The van der Waals surface area contributed by atoms with Gasteiger partial charge in [0.05, 0.1) is 12.1 Å². The number of aliphatic carboxylic acids is 1. The lowest BCUT2D eigenvalue weighted by molar-refractivity contribution is -0.137. The molecule has 1 atom stereocenters. The minimum Gasteiger partial charge on any atom is -0.481 e. The second-order valence-corrected chi connectivity index (χ2v) is 5.10. The fourth-order valence-electron chi connectivity index (χ4n) is 1.83. The Kier molecular flexibility index (Phi) is 6.49. The Hall–Kier alpha value is -2.44. The lowest BCUT2D eigenvalue weighted by atomic mass is 10.2. The molecule has 6 nitrogen and oxygen atoms in total. The van der Waals surface area contributed by atoms with Crippen molar-refractivity contribution in [2.24, 2.45) is 0 Å². The van der Waals surface area contributed by atoms with E-state index in [0.29, 0.717) is 0 Å². The summed E-state index contributed by atoms with van der Waals surface area (Å²) < 4.78 is 13.5. The Balaban J connectivity index is 2.41. The monoisotopic (exact) mass is 310 g/mol. The first-order chi connectivity index (χ1) is 10.3. The molecule has 0 aliphatic carbocycles. The predicted octanol–water partition coefficient (Wildman–Crippen LogP) is 1.83. The Morgan fingerprint density at radius 1 is 1.23 bits per heavy atom. The zero-order valence-electron chi connectivity index (χ0n) is 12.5. The number of aryl methyl sites for hydroxylation is 1. The molecule has 0 aliphatic rings. The maximum Gasteiger partial charge on any atom is 0.305 e. The molecule has 1 aromatic rings. The van der Waals surface area contributed by atoms with Gasteiger partial charge in [-0.05, 0) is 31.5 Å². The largest absolute Gasteiger partial charge is 0.481 e. The van der Waals surface area contributed by atoms with Gasteiger partial charge in [-0.1, -0.05) is 6.07 Å². The van der Waals surface area contributed by atoms with E-state index in [4.69, 9.17) is 5.11 Å². The molecule has 0 spiro atoms. The van der Waals surface area contributed by atoms with Crippen molar-refractivity contribution in [3.05, 3.63) is 29.6 Å². The van der Waals surface area contributed by atoms with Crippen molar-refractivity contribution < 1.29 is 23.9 Å². The van der Waals surface area contributed by atoms with Crippen molar-refractivity contribution in [2.75, 3.05) is 5.32 Å². The van der Waals surface area contributed by atoms with Crippen LogP contribution < -0.4 is 10.6 Å².